The van der Waals surface area contributed by atoms with Gasteiger partial charge in [-0.15, -0.1) is 0 Å². The van der Waals surface area contributed by atoms with Gasteiger partial charge in [0.25, 0.3) is 0 Å². The van der Waals surface area contributed by atoms with Crippen molar-refractivity contribution in [1.82, 2.24) is 9.88 Å². The minimum absolute atomic E-state index is 0.219. The molecule has 1 spiro atoms. The molecule has 5 nitrogen and oxygen atoms in total. The number of anilines is 1. The summed E-state index contributed by atoms with van der Waals surface area (Å²) < 4.78 is 25.5. The zero-order valence-electron chi connectivity index (χ0n) is 15.4. The maximum Gasteiger partial charge on any atom is 0.125 e. The first-order valence-electron chi connectivity index (χ1n) is 9.53. The summed E-state index contributed by atoms with van der Waals surface area (Å²) in [5.41, 5.74) is 1.81. The number of nitrogens with zero attached hydrogens (tertiary/aromatic N) is 2. The molecule has 1 aromatic carbocycles. The Hall–Kier alpha value is -2.02. The molecule has 27 heavy (non-hydrogen) atoms. The molecule has 1 aromatic heterocycles. The maximum absolute atomic E-state index is 13.3. The predicted molar refractivity (Wildman–Crippen MR) is 102 cm³/mol. The molecule has 0 unspecified atom stereocenters. The van der Waals surface area contributed by atoms with E-state index < -0.39 is 0 Å². The molecule has 2 aliphatic rings. The summed E-state index contributed by atoms with van der Waals surface area (Å²) in [7, 11) is 0. The number of nitrogens with one attached hydrogen (secondary N) is 1. The standard InChI is InChI=1S/C21H26FN3O2/c22-19-2-1-3-20(10-19)24-12-18-11-21(27-14-18)15-25(8-9-26-16-21)13-17-4-6-23-7-5-17/h1-7,10,18,24H,8-9,11-16H2/t18-,21+/m1/s1. The Morgan fingerprint density at radius 2 is 2.15 bits per heavy atom. The molecule has 0 amide bonds. The fourth-order valence-corrected chi connectivity index (χ4v) is 4.01. The Kier molecular flexibility index (Phi) is 5.66. The molecule has 0 radical (unpaired) electrons. The van der Waals surface area contributed by atoms with Gasteiger partial charge in [0.1, 0.15) is 11.4 Å². The van der Waals surface area contributed by atoms with Crippen LogP contribution in [0.25, 0.3) is 0 Å². The lowest BCUT2D eigenvalue weighted by Gasteiger charge is -2.31. The van der Waals surface area contributed by atoms with E-state index >= 15 is 0 Å². The van der Waals surface area contributed by atoms with Crippen LogP contribution in [0.2, 0.25) is 0 Å². The van der Waals surface area contributed by atoms with E-state index in [9.17, 15) is 4.39 Å². The van der Waals surface area contributed by atoms with Gasteiger partial charge in [0, 0.05) is 50.2 Å². The lowest BCUT2D eigenvalue weighted by molar-refractivity contribution is -0.0562. The van der Waals surface area contributed by atoms with E-state index in [1.165, 1.54) is 17.7 Å². The van der Waals surface area contributed by atoms with Crippen LogP contribution in [0.5, 0.6) is 0 Å². The molecule has 0 aliphatic carbocycles. The van der Waals surface area contributed by atoms with E-state index in [0.29, 0.717) is 19.1 Å². The van der Waals surface area contributed by atoms with Crippen molar-refractivity contribution < 1.29 is 13.9 Å². The van der Waals surface area contributed by atoms with Crippen LogP contribution < -0.4 is 5.32 Å². The third-order valence-corrected chi connectivity index (χ3v) is 5.29. The SMILES string of the molecule is Fc1cccc(NC[C@@H]2CO[C@@]3(COCCN(Cc4ccncc4)C3)C2)c1. The van der Waals surface area contributed by atoms with Gasteiger partial charge in [0.05, 0.1) is 19.8 Å². The van der Waals surface area contributed by atoms with Crippen molar-refractivity contribution in [2.75, 3.05) is 44.8 Å². The molecule has 0 saturated carbocycles. The summed E-state index contributed by atoms with van der Waals surface area (Å²) in [6, 6.07) is 10.7. The molecule has 2 aliphatic heterocycles. The average Bonchev–Trinajstić information content (AvgIpc) is 2.96. The van der Waals surface area contributed by atoms with E-state index in [2.05, 4.69) is 27.3 Å². The quantitative estimate of drug-likeness (QED) is 0.876. The van der Waals surface area contributed by atoms with Crippen molar-refractivity contribution in [2.24, 2.45) is 5.92 Å². The third kappa shape index (κ3) is 4.83. The number of hydrogen-bond donors (Lipinski definition) is 1. The van der Waals surface area contributed by atoms with Crippen LogP contribution >= 0.6 is 0 Å². The normalized spacial score (nSPS) is 26.2. The van der Waals surface area contributed by atoms with E-state index in [1.54, 1.807) is 6.07 Å². The monoisotopic (exact) mass is 371 g/mol. The minimum atomic E-state index is -0.252. The van der Waals surface area contributed by atoms with Crippen molar-refractivity contribution in [1.29, 1.82) is 0 Å². The molecule has 0 bridgehead atoms. The molecule has 2 aromatic rings. The molecular formula is C21H26FN3O2. The fraction of sp³-hybridized carbons (Fsp3) is 0.476. The molecule has 4 rings (SSSR count). The number of rotatable bonds is 5. The van der Waals surface area contributed by atoms with E-state index in [4.69, 9.17) is 9.47 Å². The number of halogens is 1. The van der Waals surface area contributed by atoms with E-state index in [0.717, 1.165) is 44.9 Å². The van der Waals surface area contributed by atoms with Crippen LogP contribution in [0.4, 0.5) is 10.1 Å². The van der Waals surface area contributed by atoms with Crippen LogP contribution in [0.1, 0.15) is 12.0 Å². The van der Waals surface area contributed by atoms with Gasteiger partial charge in [-0.2, -0.15) is 0 Å². The van der Waals surface area contributed by atoms with Gasteiger partial charge in [-0.1, -0.05) is 6.07 Å². The summed E-state index contributed by atoms with van der Waals surface area (Å²) in [5, 5.41) is 3.33. The topological polar surface area (TPSA) is 46.6 Å². The first-order valence-corrected chi connectivity index (χ1v) is 9.53. The Balaban J connectivity index is 1.34. The Bertz CT molecular complexity index is 745. The zero-order valence-corrected chi connectivity index (χ0v) is 15.4. The first kappa shape index (κ1) is 18.3. The third-order valence-electron chi connectivity index (χ3n) is 5.29. The van der Waals surface area contributed by atoms with Crippen molar-refractivity contribution in [3.05, 3.63) is 60.2 Å². The van der Waals surface area contributed by atoms with Crippen LogP contribution in [0, 0.1) is 11.7 Å². The molecule has 3 heterocycles. The van der Waals surface area contributed by atoms with Crippen molar-refractivity contribution >= 4 is 5.69 Å². The van der Waals surface area contributed by atoms with Crippen molar-refractivity contribution in [3.63, 3.8) is 0 Å². The van der Waals surface area contributed by atoms with Gasteiger partial charge in [-0.25, -0.2) is 4.39 Å². The Morgan fingerprint density at radius 1 is 1.26 bits per heavy atom. The summed E-state index contributed by atoms with van der Waals surface area (Å²) >= 11 is 0. The van der Waals surface area contributed by atoms with Crippen molar-refractivity contribution in [2.45, 2.75) is 18.6 Å². The van der Waals surface area contributed by atoms with E-state index in [-0.39, 0.29) is 11.4 Å². The van der Waals surface area contributed by atoms with Crippen LogP contribution in [-0.4, -0.2) is 54.9 Å². The Labute approximate surface area is 159 Å². The van der Waals surface area contributed by atoms with Gasteiger partial charge in [-0.05, 0) is 42.3 Å². The molecule has 6 heteroatoms. The summed E-state index contributed by atoms with van der Waals surface area (Å²) in [4.78, 5) is 6.50. The smallest absolute Gasteiger partial charge is 0.125 e. The number of aromatic nitrogens is 1. The van der Waals surface area contributed by atoms with Crippen molar-refractivity contribution in [3.8, 4) is 0 Å². The minimum Gasteiger partial charge on any atom is -0.385 e. The second-order valence-corrected chi connectivity index (χ2v) is 7.57. The van der Waals surface area contributed by atoms with Crippen LogP contribution in [-0.2, 0) is 16.0 Å². The lowest BCUT2D eigenvalue weighted by atomic mass is 9.94. The predicted octanol–water partition coefficient (Wildman–Crippen LogP) is 2.94. The summed E-state index contributed by atoms with van der Waals surface area (Å²) in [6.45, 7) is 5.48. The molecule has 144 valence electrons. The first-order chi connectivity index (χ1) is 13.2. The molecule has 2 fully saturated rings. The molecule has 2 saturated heterocycles. The van der Waals surface area contributed by atoms with Gasteiger partial charge < -0.3 is 14.8 Å². The molecular weight excluding hydrogens is 345 g/mol. The largest absolute Gasteiger partial charge is 0.385 e. The highest BCUT2D eigenvalue weighted by Gasteiger charge is 2.43. The van der Waals surface area contributed by atoms with Gasteiger partial charge >= 0.3 is 0 Å². The van der Waals surface area contributed by atoms with Crippen LogP contribution in [0.3, 0.4) is 0 Å². The second kappa shape index (κ2) is 8.33. The number of benzene rings is 1. The maximum atomic E-state index is 13.3. The average molecular weight is 371 g/mol. The highest BCUT2D eigenvalue weighted by molar-refractivity contribution is 5.43. The van der Waals surface area contributed by atoms with Crippen LogP contribution in [0.15, 0.2) is 48.8 Å². The number of hydrogen-bond acceptors (Lipinski definition) is 5. The summed E-state index contributed by atoms with van der Waals surface area (Å²) in [6.07, 6.45) is 4.61. The Morgan fingerprint density at radius 3 is 3.00 bits per heavy atom. The highest BCUT2D eigenvalue weighted by Crippen LogP contribution is 2.33. The number of pyridine rings is 1. The van der Waals surface area contributed by atoms with E-state index in [1.807, 2.05) is 18.5 Å². The number of ether oxygens (including phenoxy) is 2. The fourth-order valence-electron chi connectivity index (χ4n) is 4.01. The zero-order chi connectivity index (χ0) is 18.5. The molecule has 1 N–H and O–H groups in total. The highest BCUT2D eigenvalue weighted by atomic mass is 19.1. The van der Waals surface area contributed by atoms with Gasteiger partial charge in [-0.3, -0.25) is 9.88 Å². The van der Waals surface area contributed by atoms with Gasteiger partial charge in [0.15, 0.2) is 0 Å². The lowest BCUT2D eigenvalue weighted by Crippen LogP contribution is -2.43. The molecule has 2 atom stereocenters. The second-order valence-electron chi connectivity index (χ2n) is 7.57. The summed E-state index contributed by atoms with van der Waals surface area (Å²) in [5.74, 6) is 0.167. The van der Waals surface area contributed by atoms with Gasteiger partial charge in [0.2, 0.25) is 0 Å².